The van der Waals surface area contributed by atoms with Gasteiger partial charge in [0.25, 0.3) is 5.78 Å². The van der Waals surface area contributed by atoms with Crippen molar-refractivity contribution < 1.29 is 33.3 Å². The Labute approximate surface area is 291 Å². The van der Waals surface area contributed by atoms with Gasteiger partial charge >= 0.3 is 0 Å². The summed E-state index contributed by atoms with van der Waals surface area (Å²) in [6.45, 7) is 1.15. The molecule has 0 aromatic heterocycles. The van der Waals surface area contributed by atoms with E-state index in [1.54, 1.807) is 0 Å². The third-order valence-electron chi connectivity index (χ3n) is 8.58. The van der Waals surface area contributed by atoms with Gasteiger partial charge in [-0.15, -0.1) is 0 Å². The van der Waals surface area contributed by atoms with Crippen LogP contribution >= 0.6 is 0 Å². The molecule has 0 bridgehead atoms. The molecule has 7 heteroatoms. The monoisotopic (exact) mass is 664 g/mol. The number of allylic oxidation sites excluding steroid dienone is 2. The minimum absolute atomic E-state index is 0.0449. The average molecular weight is 665 g/mol. The number of rotatable bonds is 13. The molecule has 5 aromatic carbocycles. The van der Waals surface area contributed by atoms with Crippen molar-refractivity contribution >= 4 is 11.6 Å². The Balaban J connectivity index is 1.20. The minimum atomic E-state index is -0.694. The van der Waals surface area contributed by atoms with Gasteiger partial charge in [-0.25, -0.2) is 0 Å². The van der Waals surface area contributed by atoms with E-state index in [2.05, 4.69) is 0 Å². The highest BCUT2D eigenvalue weighted by atomic mass is 16.5. The van der Waals surface area contributed by atoms with Crippen molar-refractivity contribution in [3.05, 3.63) is 191 Å². The van der Waals surface area contributed by atoms with Crippen LogP contribution in [0.15, 0.2) is 163 Å². The molecule has 0 saturated heterocycles. The van der Waals surface area contributed by atoms with E-state index in [-0.39, 0.29) is 24.4 Å². The van der Waals surface area contributed by atoms with Crippen LogP contribution in [0.5, 0.6) is 11.5 Å². The van der Waals surface area contributed by atoms with Crippen molar-refractivity contribution in [1.82, 2.24) is 0 Å². The molecule has 250 valence electrons. The third kappa shape index (κ3) is 7.86. The molecule has 2 aliphatic rings. The Morgan fingerprint density at radius 2 is 1.04 bits per heavy atom. The zero-order valence-electron chi connectivity index (χ0n) is 27.4. The smallest absolute Gasteiger partial charge is 0.267 e. The molecule has 1 unspecified atom stereocenters. The lowest BCUT2D eigenvalue weighted by molar-refractivity contribution is -0.136. The molecule has 1 aliphatic heterocycles. The van der Waals surface area contributed by atoms with E-state index < -0.39 is 23.8 Å². The van der Waals surface area contributed by atoms with E-state index in [0.717, 1.165) is 27.8 Å². The van der Waals surface area contributed by atoms with Crippen LogP contribution in [-0.2, 0) is 50.2 Å². The molecule has 0 fully saturated rings. The van der Waals surface area contributed by atoms with Crippen LogP contribution in [0.2, 0.25) is 0 Å². The summed E-state index contributed by atoms with van der Waals surface area (Å²) in [6.07, 6.45) is 0.509. The second-order valence-corrected chi connectivity index (χ2v) is 12.1. The molecular weight excluding hydrogens is 628 g/mol. The number of ketones is 2. The summed E-state index contributed by atoms with van der Waals surface area (Å²) in [5.41, 5.74) is 4.95. The fourth-order valence-electron chi connectivity index (χ4n) is 5.91. The van der Waals surface area contributed by atoms with Gasteiger partial charge in [-0.05, 0) is 39.9 Å². The summed E-state index contributed by atoms with van der Waals surface area (Å²) in [5, 5.41) is 0. The van der Waals surface area contributed by atoms with E-state index in [4.69, 9.17) is 23.7 Å². The first kappa shape index (κ1) is 32.6. The van der Waals surface area contributed by atoms with Gasteiger partial charge in [0.05, 0.1) is 6.61 Å². The normalized spacial score (nSPS) is 17.0. The molecule has 0 radical (unpaired) electrons. The lowest BCUT2D eigenvalue weighted by Gasteiger charge is -2.35. The average Bonchev–Trinajstić information content (AvgIpc) is 3.18. The first-order valence-electron chi connectivity index (χ1n) is 16.6. The molecule has 2 atom stereocenters. The molecule has 0 saturated carbocycles. The summed E-state index contributed by atoms with van der Waals surface area (Å²) in [4.78, 5) is 26.6. The van der Waals surface area contributed by atoms with Gasteiger partial charge in [0.1, 0.15) is 31.7 Å². The maximum Gasteiger partial charge on any atom is 0.267 e. The first-order valence-corrected chi connectivity index (χ1v) is 16.6. The summed E-state index contributed by atoms with van der Waals surface area (Å²) in [7, 11) is 0. The summed E-state index contributed by atoms with van der Waals surface area (Å²) in [6, 6.07) is 44.8. The van der Waals surface area contributed by atoms with Crippen molar-refractivity contribution in [2.45, 2.75) is 45.1 Å². The molecule has 0 N–H and O–H groups in total. The van der Waals surface area contributed by atoms with E-state index in [9.17, 15) is 9.59 Å². The van der Waals surface area contributed by atoms with Crippen molar-refractivity contribution in [2.24, 2.45) is 0 Å². The van der Waals surface area contributed by atoms with Crippen molar-refractivity contribution in [3.8, 4) is 11.5 Å². The van der Waals surface area contributed by atoms with Crippen LogP contribution in [-0.4, -0.2) is 17.7 Å². The highest BCUT2D eigenvalue weighted by Gasteiger charge is 2.41. The fourth-order valence-corrected chi connectivity index (χ4v) is 5.91. The lowest BCUT2D eigenvalue weighted by Crippen LogP contribution is -2.36. The van der Waals surface area contributed by atoms with Gasteiger partial charge < -0.3 is 23.7 Å². The molecule has 0 spiro atoms. The second-order valence-electron chi connectivity index (χ2n) is 12.1. The van der Waals surface area contributed by atoms with E-state index in [1.165, 1.54) is 6.08 Å². The minimum Gasteiger partial charge on any atom is -0.485 e. The van der Waals surface area contributed by atoms with Gasteiger partial charge in [0.2, 0.25) is 5.78 Å². The Hall–Kier alpha value is -5.92. The zero-order valence-corrected chi connectivity index (χ0v) is 27.4. The quantitative estimate of drug-likeness (QED) is 0.0924. The summed E-state index contributed by atoms with van der Waals surface area (Å²) in [5.74, 6) is 0.0505. The first-order chi connectivity index (χ1) is 24.6. The molecule has 7 rings (SSSR count). The van der Waals surface area contributed by atoms with Crippen LogP contribution in [0.25, 0.3) is 0 Å². The molecule has 5 aromatic rings. The van der Waals surface area contributed by atoms with Crippen molar-refractivity contribution in [2.75, 3.05) is 0 Å². The van der Waals surface area contributed by atoms with Crippen molar-refractivity contribution in [3.63, 3.8) is 0 Å². The number of benzene rings is 5. The molecule has 50 heavy (non-hydrogen) atoms. The number of ether oxygens (including phenoxy) is 5. The molecular formula is C43H36O7. The molecule has 1 aliphatic carbocycles. The standard InChI is InChI=1S/C43H36O7/c44-41-35-24-40(49-29-33-19-11-4-12-20-33)43(50-37(35)25-39(42(41)45)48-28-32-17-9-3-10-18-32)34-21-22-36(46-26-30-13-5-1-6-14-30)38(23-34)47-27-31-15-7-2-8-16-31/h1-23,25,40,43H,24,26-29H2/t40-,43?/m0/s1. The highest BCUT2D eigenvalue weighted by molar-refractivity contribution is 6.49. The van der Waals surface area contributed by atoms with Gasteiger partial charge in [-0.1, -0.05) is 127 Å². The van der Waals surface area contributed by atoms with Crippen molar-refractivity contribution in [1.29, 1.82) is 0 Å². The Morgan fingerprint density at radius 1 is 0.540 bits per heavy atom. The van der Waals surface area contributed by atoms with Gasteiger partial charge in [0.15, 0.2) is 23.4 Å². The summed E-state index contributed by atoms with van der Waals surface area (Å²) >= 11 is 0. The molecule has 1 heterocycles. The predicted octanol–water partition coefficient (Wildman–Crippen LogP) is 8.40. The Morgan fingerprint density at radius 3 is 1.60 bits per heavy atom. The van der Waals surface area contributed by atoms with E-state index in [0.29, 0.717) is 37.1 Å². The third-order valence-corrected chi connectivity index (χ3v) is 8.58. The van der Waals surface area contributed by atoms with Crippen LogP contribution in [0, 0.1) is 0 Å². The number of hydrogen-bond acceptors (Lipinski definition) is 7. The Kier molecular flexibility index (Phi) is 10.1. The van der Waals surface area contributed by atoms with E-state index in [1.807, 2.05) is 140 Å². The highest BCUT2D eigenvalue weighted by Crippen LogP contribution is 2.42. The number of carbonyl (C=O) groups excluding carboxylic acids is 2. The van der Waals surface area contributed by atoms with Crippen LogP contribution < -0.4 is 9.47 Å². The lowest BCUT2D eigenvalue weighted by atomic mass is 9.88. The maximum absolute atomic E-state index is 13.5. The van der Waals surface area contributed by atoms with Gasteiger partial charge in [0, 0.05) is 18.1 Å². The van der Waals surface area contributed by atoms with Crippen LogP contribution in [0.4, 0.5) is 0 Å². The number of Topliss-reactive ketones (excluding diaryl/α,β-unsaturated/α-hetero) is 2. The largest absolute Gasteiger partial charge is 0.485 e. The zero-order chi connectivity index (χ0) is 34.1. The van der Waals surface area contributed by atoms with Crippen LogP contribution in [0.1, 0.15) is 40.3 Å². The Bertz CT molecular complexity index is 1990. The fraction of sp³-hybridized carbons (Fsp3) is 0.163. The van der Waals surface area contributed by atoms with Gasteiger partial charge in [-0.2, -0.15) is 0 Å². The van der Waals surface area contributed by atoms with Crippen LogP contribution in [0.3, 0.4) is 0 Å². The summed E-state index contributed by atoms with van der Waals surface area (Å²) < 4.78 is 31.5. The number of carbonyl (C=O) groups is 2. The SMILES string of the molecule is O=C1C(=O)C2=C(C=C1OCc1ccccc1)OC(c1ccc(OCc3ccccc3)c(OCc3ccccc3)c1)[C@@H](OCc1ccccc1)C2. The molecule has 7 nitrogen and oxygen atoms in total. The second kappa shape index (κ2) is 15.5. The predicted molar refractivity (Wildman–Crippen MR) is 188 cm³/mol. The van der Waals surface area contributed by atoms with E-state index >= 15 is 0 Å². The van der Waals surface area contributed by atoms with Gasteiger partial charge in [-0.3, -0.25) is 9.59 Å². The topological polar surface area (TPSA) is 80.3 Å². The number of hydrogen-bond donors (Lipinski definition) is 0. The molecule has 0 amide bonds. The maximum atomic E-state index is 13.5.